The summed E-state index contributed by atoms with van der Waals surface area (Å²) in [5.41, 5.74) is -0.214. The van der Waals surface area contributed by atoms with Crippen LogP contribution in [0.1, 0.15) is 26.1 Å². The fourth-order valence-electron chi connectivity index (χ4n) is 1.41. The van der Waals surface area contributed by atoms with Gasteiger partial charge in [-0.1, -0.05) is 6.92 Å². The van der Waals surface area contributed by atoms with Gasteiger partial charge in [-0.15, -0.1) is 0 Å². The van der Waals surface area contributed by atoms with Crippen molar-refractivity contribution in [2.24, 2.45) is 0 Å². The van der Waals surface area contributed by atoms with Crippen molar-refractivity contribution in [2.45, 2.75) is 26.7 Å². The second kappa shape index (κ2) is 5.97. The highest BCUT2D eigenvalue weighted by Gasteiger charge is 2.25. The number of nitrogens with zero attached hydrogens (tertiary/aromatic N) is 3. The van der Waals surface area contributed by atoms with E-state index < -0.39 is 4.92 Å². The van der Waals surface area contributed by atoms with Crippen molar-refractivity contribution in [1.82, 2.24) is 9.97 Å². The van der Waals surface area contributed by atoms with Crippen LogP contribution in [-0.4, -0.2) is 28.5 Å². The lowest BCUT2D eigenvalue weighted by atomic mass is 10.3. The minimum absolute atomic E-state index is 0.00407. The molecule has 0 unspecified atom stereocenters. The summed E-state index contributed by atoms with van der Waals surface area (Å²) in [5.74, 6) is 0.767. The lowest BCUT2D eigenvalue weighted by Crippen LogP contribution is -2.09. The first-order valence-corrected chi connectivity index (χ1v) is 5.47. The van der Waals surface area contributed by atoms with Gasteiger partial charge in [-0.05, 0) is 13.3 Å². The summed E-state index contributed by atoms with van der Waals surface area (Å²) >= 11 is 0. The van der Waals surface area contributed by atoms with Gasteiger partial charge in [-0.2, -0.15) is 4.98 Å². The molecule has 1 rings (SSSR count). The maximum Gasteiger partial charge on any atom is 0.372 e. The number of ether oxygens (including phenoxy) is 1. The Morgan fingerprint density at radius 2 is 2.12 bits per heavy atom. The smallest absolute Gasteiger partial charge is 0.372 e. The third-order valence-corrected chi connectivity index (χ3v) is 2.09. The van der Waals surface area contributed by atoms with Crippen LogP contribution in [0.4, 0.5) is 11.5 Å². The molecule has 0 aromatic carbocycles. The maximum absolute atomic E-state index is 11.0. The van der Waals surface area contributed by atoms with E-state index in [4.69, 9.17) is 4.74 Å². The van der Waals surface area contributed by atoms with Crippen molar-refractivity contribution in [2.75, 3.05) is 19.0 Å². The van der Waals surface area contributed by atoms with E-state index >= 15 is 0 Å². The molecule has 0 amide bonds. The van der Waals surface area contributed by atoms with Crippen molar-refractivity contribution in [3.63, 3.8) is 0 Å². The van der Waals surface area contributed by atoms with E-state index in [-0.39, 0.29) is 17.4 Å². The molecule has 17 heavy (non-hydrogen) atoms. The highest BCUT2D eigenvalue weighted by molar-refractivity contribution is 5.61. The molecule has 0 atom stereocenters. The molecule has 7 heteroatoms. The summed E-state index contributed by atoms with van der Waals surface area (Å²) in [6.45, 7) is 4.38. The summed E-state index contributed by atoms with van der Waals surface area (Å²) in [5, 5.41) is 13.8. The first-order valence-electron chi connectivity index (χ1n) is 5.47. The monoisotopic (exact) mass is 240 g/mol. The average Bonchev–Trinajstić information content (AvgIpc) is 2.28. The fourth-order valence-corrected chi connectivity index (χ4v) is 1.41. The number of rotatable bonds is 6. The Bertz CT molecular complexity index is 409. The normalized spacial score (nSPS) is 10.1. The summed E-state index contributed by atoms with van der Waals surface area (Å²) in [4.78, 5) is 18.6. The van der Waals surface area contributed by atoms with E-state index in [0.29, 0.717) is 18.8 Å². The number of anilines is 1. The second-order valence-corrected chi connectivity index (χ2v) is 3.38. The van der Waals surface area contributed by atoms with Crippen molar-refractivity contribution in [3.8, 4) is 5.88 Å². The Kier molecular flexibility index (Phi) is 4.62. The molecule has 94 valence electrons. The van der Waals surface area contributed by atoms with Gasteiger partial charge in [0.2, 0.25) is 5.82 Å². The standard InChI is InChI=1S/C10H16N4O3/c1-4-6-7-12-9(11-5-2)8(14(15)16)10(13-7)17-3/h4-6H2,1-3H3,(H,11,12,13). The predicted molar refractivity (Wildman–Crippen MR) is 63.4 cm³/mol. The topological polar surface area (TPSA) is 90.2 Å². The number of nitro groups is 1. The average molecular weight is 240 g/mol. The zero-order valence-corrected chi connectivity index (χ0v) is 10.2. The van der Waals surface area contributed by atoms with Crippen LogP contribution in [0, 0.1) is 10.1 Å². The minimum Gasteiger partial charge on any atom is -0.476 e. The van der Waals surface area contributed by atoms with Crippen molar-refractivity contribution in [1.29, 1.82) is 0 Å². The Morgan fingerprint density at radius 1 is 1.41 bits per heavy atom. The summed E-state index contributed by atoms with van der Waals surface area (Å²) in [6, 6.07) is 0. The van der Waals surface area contributed by atoms with Gasteiger partial charge < -0.3 is 10.1 Å². The maximum atomic E-state index is 11.0. The third-order valence-electron chi connectivity index (χ3n) is 2.09. The first kappa shape index (κ1) is 13.1. The quantitative estimate of drug-likeness (QED) is 0.602. The van der Waals surface area contributed by atoms with Crippen LogP contribution < -0.4 is 10.1 Å². The van der Waals surface area contributed by atoms with Crippen LogP contribution >= 0.6 is 0 Å². The van der Waals surface area contributed by atoms with Gasteiger partial charge in [0.05, 0.1) is 12.0 Å². The van der Waals surface area contributed by atoms with Crippen molar-refractivity contribution < 1.29 is 9.66 Å². The van der Waals surface area contributed by atoms with E-state index in [1.807, 2.05) is 13.8 Å². The highest BCUT2D eigenvalue weighted by atomic mass is 16.6. The lowest BCUT2D eigenvalue weighted by Gasteiger charge is -2.08. The van der Waals surface area contributed by atoms with E-state index in [1.165, 1.54) is 7.11 Å². The minimum atomic E-state index is -0.535. The molecule has 0 saturated carbocycles. The van der Waals surface area contributed by atoms with Crippen molar-refractivity contribution >= 4 is 11.5 Å². The Labute approximate surface area is 99.4 Å². The fraction of sp³-hybridized carbons (Fsp3) is 0.600. The molecule has 0 aliphatic carbocycles. The van der Waals surface area contributed by atoms with Crippen LogP contribution in [0.3, 0.4) is 0 Å². The summed E-state index contributed by atoms with van der Waals surface area (Å²) in [7, 11) is 1.36. The van der Waals surface area contributed by atoms with Gasteiger partial charge in [0, 0.05) is 13.0 Å². The van der Waals surface area contributed by atoms with Crippen molar-refractivity contribution in [3.05, 3.63) is 15.9 Å². The van der Waals surface area contributed by atoms with Crippen LogP contribution in [0.2, 0.25) is 0 Å². The molecule has 0 aliphatic rings. The molecule has 7 nitrogen and oxygen atoms in total. The van der Waals surface area contributed by atoms with E-state index in [9.17, 15) is 10.1 Å². The largest absolute Gasteiger partial charge is 0.476 e. The van der Waals surface area contributed by atoms with Gasteiger partial charge in [0.1, 0.15) is 5.82 Å². The number of methoxy groups -OCH3 is 1. The van der Waals surface area contributed by atoms with Crippen LogP contribution in [0.5, 0.6) is 5.88 Å². The molecular formula is C10H16N4O3. The number of aromatic nitrogens is 2. The zero-order valence-electron chi connectivity index (χ0n) is 10.2. The molecule has 0 spiro atoms. The molecule has 1 aromatic heterocycles. The first-order chi connectivity index (χ1) is 8.13. The molecule has 1 heterocycles. The van der Waals surface area contributed by atoms with Crippen LogP contribution in [0.25, 0.3) is 0 Å². The van der Waals surface area contributed by atoms with E-state index in [0.717, 1.165) is 6.42 Å². The molecular weight excluding hydrogens is 224 g/mol. The number of aryl methyl sites for hydroxylation is 1. The van der Waals surface area contributed by atoms with Gasteiger partial charge in [0.25, 0.3) is 5.88 Å². The third kappa shape index (κ3) is 3.02. The van der Waals surface area contributed by atoms with Gasteiger partial charge in [-0.3, -0.25) is 10.1 Å². The van der Waals surface area contributed by atoms with Crippen LogP contribution in [0.15, 0.2) is 0 Å². The van der Waals surface area contributed by atoms with E-state index in [2.05, 4.69) is 15.3 Å². The number of hydrogen-bond acceptors (Lipinski definition) is 6. The predicted octanol–water partition coefficient (Wildman–Crippen LogP) is 1.78. The molecule has 0 saturated heterocycles. The van der Waals surface area contributed by atoms with Gasteiger partial charge >= 0.3 is 5.69 Å². The Hall–Kier alpha value is -1.92. The number of hydrogen-bond donors (Lipinski definition) is 1. The Morgan fingerprint density at radius 3 is 2.59 bits per heavy atom. The van der Waals surface area contributed by atoms with E-state index in [1.54, 1.807) is 0 Å². The summed E-state index contributed by atoms with van der Waals surface area (Å²) in [6.07, 6.45) is 1.53. The SMILES string of the molecule is CCCc1nc(NCC)c([N+](=O)[O-])c(OC)n1. The molecule has 0 bridgehead atoms. The number of nitrogens with one attached hydrogen (secondary N) is 1. The van der Waals surface area contributed by atoms with Crippen LogP contribution in [-0.2, 0) is 6.42 Å². The molecule has 1 aromatic rings. The molecule has 1 N–H and O–H groups in total. The highest BCUT2D eigenvalue weighted by Crippen LogP contribution is 2.31. The Balaban J connectivity index is 3.29. The molecule has 0 aliphatic heterocycles. The summed E-state index contributed by atoms with van der Waals surface area (Å²) < 4.78 is 4.95. The van der Waals surface area contributed by atoms with Gasteiger partial charge in [-0.25, -0.2) is 4.98 Å². The molecule has 0 fully saturated rings. The van der Waals surface area contributed by atoms with Gasteiger partial charge in [0.15, 0.2) is 0 Å². The lowest BCUT2D eigenvalue weighted by molar-refractivity contribution is -0.385. The molecule has 0 radical (unpaired) electrons. The zero-order chi connectivity index (χ0) is 12.8. The second-order valence-electron chi connectivity index (χ2n) is 3.38.